The van der Waals surface area contributed by atoms with Crippen LogP contribution in [0.15, 0.2) is 24.3 Å². The fraction of sp³-hybridized carbons (Fsp3) is 0.918. The fourth-order valence-electron chi connectivity index (χ4n) is 11.5. The van der Waals surface area contributed by atoms with Gasteiger partial charge in [-0.1, -0.05) is 340 Å². The maximum absolute atomic E-state index is 12.5. The summed E-state index contributed by atoms with van der Waals surface area (Å²) in [6.45, 7) is 4.95. The average Bonchev–Trinajstić information content (AvgIpc) is 3.45. The first-order chi connectivity index (χ1) is 39.0. The lowest BCUT2D eigenvalue weighted by atomic mass is 10.0. The quantitative estimate of drug-likeness (QED) is 0.0320. The Labute approximate surface area is 494 Å². The Morgan fingerprint density at radius 2 is 0.595 bits per heavy atom. The van der Waals surface area contributed by atoms with E-state index in [-0.39, 0.29) is 18.5 Å². The minimum absolute atomic E-state index is 0.0127. The molecule has 3 N–H and O–H groups in total. The van der Waals surface area contributed by atoms with E-state index < -0.39 is 12.1 Å². The van der Waals surface area contributed by atoms with Crippen LogP contribution in [0.5, 0.6) is 0 Å². The lowest BCUT2D eigenvalue weighted by Crippen LogP contribution is -2.45. The normalized spacial score (nSPS) is 12.6. The molecule has 0 spiro atoms. The molecular weight excluding hydrogens is 971 g/mol. The third-order valence-electron chi connectivity index (χ3n) is 17.0. The molecule has 1 amide bonds. The van der Waals surface area contributed by atoms with Crippen LogP contribution in [0.25, 0.3) is 0 Å². The molecule has 0 saturated carbocycles. The number of ether oxygens (including phenoxy) is 1. The van der Waals surface area contributed by atoms with Gasteiger partial charge in [-0.2, -0.15) is 0 Å². The molecule has 6 heteroatoms. The Bertz CT molecular complexity index is 1230. The number of unbranched alkanes of at least 4 members (excludes halogenated alkanes) is 53. The van der Waals surface area contributed by atoms with Crippen molar-refractivity contribution in [2.24, 2.45) is 0 Å². The van der Waals surface area contributed by atoms with Crippen molar-refractivity contribution in [3.8, 4) is 0 Å². The van der Waals surface area contributed by atoms with Gasteiger partial charge in [0.15, 0.2) is 0 Å². The summed E-state index contributed by atoms with van der Waals surface area (Å²) in [6.07, 6.45) is 86.9. The lowest BCUT2D eigenvalue weighted by Gasteiger charge is -2.22. The van der Waals surface area contributed by atoms with Crippen LogP contribution < -0.4 is 5.32 Å². The summed E-state index contributed by atoms with van der Waals surface area (Å²) in [5.74, 6) is -0.0169. The smallest absolute Gasteiger partial charge is 0.305 e. The number of amides is 1. The first kappa shape index (κ1) is 77.3. The minimum Gasteiger partial charge on any atom is -0.466 e. The van der Waals surface area contributed by atoms with Crippen molar-refractivity contribution in [3.05, 3.63) is 24.3 Å². The van der Waals surface area contributed by atoms with E-state index in [0.717, 1.165) is 44.9 Å². The summed E-state index contributed by atoms with van der Waals surface area (Å²) in [4.78, 5) is 24.5. The van der Waals surface area contributed by atoms with Gasteiger partial charge in [-0.25, -0.2) is 0 Å². The van der Waals surface area contributed by atoms with Gasteiger partial charge in [0.2, 0.25) is 5.91 Å². The molecule has 0 aromatic carbocycles. The van der Waals surface area contributed by atoms with Crippen molar-refractivity contribution in [1.29, 1.82) is 0 Å². The summed E-state index contributed by atoms with van der Waals surface area (Å²) >= 11 is 0. The molecule has 0 aromatic rings. The number of carbonyl (C=O) groups is 2. The first-order valence-corrected chi connectivity index (χ1v) is 36.1. The number of rotatable bonds is 68. The highest BCUT2D eigenvalue weighted by molar-refractivity contribution is 5.76. The fourth-order valence-corrected chi connectivity index (χ4v) is 11.5. The molecule has 79 heavy (non-hydrogen) atoms. The van der Waals surface area contributed by atoms with Crippen LogP contribution in [-0.4, -0.2) is 47.4 Å². The molecule has 468 valence electrons. The maximum atomic E-state index is 12.5. The van der Waals surface area contributed by atoms with Gasteiger partial charge in [0.05, 0.1) is 25.4 Å². The predicted molar refractivity (Wildman–Crippen MR) is 347 cm³/mol. The van der Waals surface area contributed by atoms with E-state index in [2.05, 4.69) is 43.5 Å². The molecule has 0 radical (unpaired) electrons. The van der Waals surface area contributed by atoms with Gasteiger partial charge >= 0.3 is 5.97 Å². The van der Waals surface area contributed by atoms with E-state index in [9.17, 15) is 19.8 Å². The molecule has 2 unspecified atom stereocenters. The molecule has 0 aliphatic carbocycles. The number of nitrogens with one attached hydrogen (secondary N) is 1. The highest BCUT2D eigenvalue weighted by Crippen LogP contribution is 2.19. The molecule has 0 aromatic heterocycles. The Hall–Kier alpha value is -1.66. The molecule has 0 bridgehead atoms. The van der Waals surface area contributed by atoms with Crippen LogP contribution in [-0.2, 0) is 14.3 Å². The standard InChI is InChI=1S/C73H141NO5/c1-3-5-7-9-11-13-15-47-51-55-59-63-67-73(78)79-68-64-60-56-52-48-44-42-40-38-36-34-32-30-28-26-24-22-20-18-16-17-19-21-23-25-27-29-31-33-35-37-39-41-43-46-50-54-58-62-66-72(77)74-70(69-75)71(76)65-61-57-53-49-45-14-12-10-8-6-4-2/h11,13,16-17,70-71,75-76H,3-10,12,14-15,18-69H2,1-2H3,(H,74,77)/b13-11-,17-16-. The molecule has 0 heterocycles. The number of hydrogen-bond acceptors (Lipinski definition) is 5. The van der Waals surface area contributed by atoms with E-state index in [1.165, 1.54) is 327 Å². The molecule has 0 rings (SSSR count). The number of esters is 1. The molecule has 6 nitrogen and oxygen atoms in total. The summed E-state index contributed by atoms with van der Waals surface area (Å²) in [7, 11) is 0. The predicted octanol–water partition coefficient (Wildman–Crippen LogP) is 23.3. The van der Waals surface area contributed by atoms with Crippen molar-refractivity contribution < 1.29 is 24.5 Å². The molecule has 2 atom stereocenters. The minimum atomic E-state index is -0.659. The van der Waals surface area contributed by atoms with Gasteiger partial charge in [-0.3, -0.25) is 9.59 Å². The highest BCUT2D eigenvalue weighted by atomic mass is 16.5. The van der Waals surface area contributed by atoms with E-state index in [0.29, 0.717) is 25.9 Å². The van der Waals surface area contributed by atoms with Crippen LogP contribution in [0.2, 0.25) is 0 Å². The van der Waals surface area contributed by atoms with Gasteiger partial charge in [-0.05, 0) is 77.0 Å². The average molecular weight is 1110 g/mol. The van der Waals surface area contributed by atoms with Gasteiger partial charge in [-0.15, -0.1) is 0 Å². The Morgan fingerprint density at radius 3 is 0.924 bits per heavy atom. The Balaban J connectivity index is 3.30. The molecular formula is C73H141NO5. The topological polar surface area (TPSA) is 95.9 Å². The summed E-state index contributed by atoms with van der Waals surface area (Å²) in [5, 5.41) is 23.2. The zero-order chi connectivity index (χ0) is 57.1. The number of carbonyl (C=O) groups excluding carboxylic acids is 2. The Morgan fingerprint density at radius 1 is 0.342 bits per heavy atom. The monoisotopic (exact) mass is 1110 g/mol. The number of aliphatic hydroxyl groups is 2. The van der Waals surface area contributed by atoms with E-state index in [4.69, 9.17) is 4.74 Å². The summed E-state index contributed by atoms with van der Waals surface area (Å²) < 4.78 is 5.48. The van der Waals surface area contributed by atoms with Crippen molar-refractivity contribution in [1.82, 2.24) is 5.32 Å². The molecule has 0 aliphatic heterocycles. The van der Waals surface area contributed by atoms with Crippen molar-refractivity contribution in [2.45, 2.75) is 418 Å². The van der Waals surface area contributed by atoms with E-state index in [1.807, 2.05) is 0 Å². The van der Waals surface area contributed by atoms with Crippen LogP contribution in [0.4, 0.5) is 0 Å². The first-order valence-electron chi connectivity index (χ1n) is 36.1. The van der Waals surface area contributed by atoms with Crippen LogP contribution in [0.1, 0.15) is 406 Å². The summed E-state index contributed by atoms with van der Waals surface area (Å²) in [5.41, 5.74) is 0. The number of hydrogen-bond donors (Lipinski definition) is 3. The third-order valence-corrected chi connectivity index (χ3v) is 17.0. The van der Waals surface area contributed by atoms with E-state index >= 15 is 0 Å². The zero-order valence-corrected chi connectivity index (χ0v) is 53.6. The van der Waals surface area contributed by atoms with Gasteiger partial charge in [0.25, 0.3) is 0 Å². The number of aliphatic hydroxyl groups excluding tert-OH is 2. The SMILES string of the molecule is CCCCC/C=C\CCCCCCCC(=O)OCCCCCCCCCCCCCCCCCCCC/C=C\CCCCCCCCCCCCCCCCCCCC(=O)NC(CO)C(O)CCCCCCCCCCCCC. The second-order valence-corrected chi connectivity index (χ2v) is 24.9. The molecule has 0 aliphatic rings. The summed E-state index contributed by atoms with van der Waals surface area (Å²) in [6, 6.07) is -0.536. The van der Waals surface area contributed by atoms with Crippen LogP contribution >= 0.6 is 0 Å². The van der Waals surface area contributed by atoms with Gasteiger partial charge in [0.1, 0.15) is 0 Å². The third kappa shape index (κ3) is 65.4. The Kier molecular flexibility index (Phi) is 67.4. The molecule has 0 fully saturated rings. The van der Waals surface area contributed by atoms with E-state index in [1.54, 1.807) is 0 Å². The van der Waals surface area contributed by atoms with Crippen LogP contribution in [0.3, 0.4) is 0 Å². The zero-order valence-electron chi connectivity index (χ0n) is 53.6. The highest BCUT2D eigenvalue weighted by Gasteiger charge is 2.20. The number of allylic oxidation sites excluding steroid dienone is 4. The van der Waals surface area contributed by atoms with Gasteiger partial charge < -0.3 is 20.3 Å². The lowest BCUT2D eigenvalue weighted by molar-refractivity contribution is -0.143. The van der Waals surface area contributed by atoms with Gasteiger partial charge in [0, 0.05) is 12.8 Å². The van der Waals surface area contributed by atoms with Crippen molar-refractivity contribution in [3.63, 3.8) is 0 Å². The van der Waals surface area contributed by atoms with Crippen molar-refractivity contribution >= 4 is 11.9 Å². The van der Waals surface area contributed by atoms with Crippen molar-refractivity contribution in [2.75, 3.05) is 13.2 Å². The maximum Gasteiger partial charge on any atom is 0.305 e. The molecule has 0 saturated heterocycles. The second kappa shape index (κ2) is 68.8. The largest absolute Gasteiger partial charge is 0.466 e. The van der Waals surface area contributed by atoms with Crippen LogP contribution in [0, 0.1) is 0 Å². The second-order valence-electron chi connectivity index (χ2n) is 24.9.